The van der Waals surface area contributed by atoms with Crippen molar-refractivity contribution in [2.75, 3.05) is 16.7 Å². The molecule has 0 aliphatic rings. The van der Waals surface area contributed by atoms with E-state index in [1.165, 1.54) is 23.5 Å². The van der Waals surface area contributed by atoms with Gasteiger partial charge in [0.25, 0.3) is 15.9 Å². The van der Waals surface area contributed by atoms with Crippen LogP contribution in [0.2, 0.25) is 0 Å². The fourth-order valence-electron chi connectivity index (χ4n) is 2.85. The van der Waals surface area contributed by atoms with Crippen LogP contribution in [0.5, 0.6) is 5.75 Å². The highest BCUT2D eigenvalue weighted by molar-refractivity contribution is 7.92. The Morgan fingerprint density at radius 2 is 1.60 bits per heavy atom. The predicted octanol–water partition coefficient (Wildman–Crippen LogP) is 4.55. The Morgan fingerprint density at radius 1 is 0.933 bits per heavy atom. The molecule has 3 rings (SSSR count). The lowest BCUT2D eigenvalue weighted by Crippen LogP contribution is -2.26. The van der Waals surface area contributed by atoms with Gasteiger partial charge in [0.2, 0.25) is 0 Å². The number of carbonyl (C=O) groups is 1. The summed E-state index contributed by atoms with van der Waals surface area (Å²) in [6.07, 6.45) is -0.0509. The molecule has 1 amide bonds. The molecular weight excluding hydrogens is 400 g/mol. The van der Waals surface area contributed by atoms with Gasteiger partial charge in [0.05, 0.1) is 22.4 Å². The molecule has 156 valence electrons. The van der Waals surface area contributed by atoms with Crippen LogP contribution in [-0.2, 0) is 10.0 Å². The average Bonchev–Trinajstić information content (AvgIpc) is 2.75. The van der Waals surface area contributed by atoms with Crippen molar-refractivity contribution in [2.24, 2.45) is 0 Å². The summed E-state index contributed by atoms with van der Waals surface area (Å²) in [6.45, 7) is 3.80. The van der Waals surface area contributed by atoms with Crippen LogP contribution in [0.15, 0.2) is 83.8 Å². The van der Waals surface area contributed by atoms with E-state index in [-0.39, 0.29) is 16.6 Å². The number of nitrogens with zero attached hydrogens (tertiary/aromatic N) is 1. The molecule has 7 heteroatoms. The third-order valence-electron chi connectivity index (χ3n) is 4.37. The molecule has 1 N–H and O–H groups in total. The van der Waals surface area contributed by atoms with E-state index in [1.54, 1.807) is 54.6 Å². The first-order valence-electron chi connectivity index (χ1n) is 9.50. The van der Waals surface area contributed by atoms with Gasteiger partial charge in [0.15, 0.2) is 0 Å². The number of hydrogen-bond donors (Lipinski definition) is 1. The molecule has 0 aromatic heterocycles. The van der Waals surface area contributed by atoms with E-state index in [4.69, 9.17) is 4.74 Å². The van der Waals surface area contributed by atoms with Gasteiger partial charge < -0.3 is 10.1 Å². The number of sulfonamides is 1. The molecular formula is C23H24N2O4S. The zero-order valence-electron chi connectivity index (χ0n) is 17.1. The minimum Gasteiger partial charge on any atom is -0.489 e. The molecule has 0 radical (unpaired) electrons. The summed E-state index contributed by atoms with van der Waals surface area (Å²) >= 11 is 0. The summed E-state index contributed by atoms with van der Waals surface area (Å²) in [6, 6.07) is 21.8. The van der Waals surface area contributed by atoms with Crippen molar-refractivity contribution in [3.8, 4) is 5.75 Å². The van der Waals surface area contributed by atoms with Gasteiger partial charge in [-0.1, -0.05) is 36.4 Å². The van der Waals surface area contributed by atoms with Gasteiger partial charge in [-0.05, 0) is 56.3 Å². The largest absolute Gasteiger partial charge is 0.489 e. The van der Waals surface area contributed by atoms with Gasteiger partial charge in [-0.3, -0.25) is 9.10 Å². The smallest absolute Gasteiger partial charge is 0.264 e. The van der Waals surface area contributed by atoms with Crippen LogP contribution in [0.3, 0.4) is 0 Å². The normalized spacial score (nSPS) is 11.2. The average molecular weight is 425 g/mol. The second-order valence-electron chi connectivity index (χ2n) is 6.95. The van der Waals surface area contributed by atoms with Crippen LogP contribution in [0.1, 0.15) is 24.2 Å². The first-order chi connectivity index (χ1) is 14.3. The molecule has 6 nitrogen and oxygen atoms in total. The molecule has 0 atom stereocenters. The van der Waals surface area contributed by atoms with E-state index < -0.39 is 15.9 Å². The molecule has 0 aliphatic heterocycles. The van der Waals surface area contributed by atoms with Gasteiger partial charge in [-0.25, -0.2) is 8.42 Å². The maximum Gasteiger partial charge on any atom is 0.264 e. The molecule has 0 saturated carbocycles. The number of nitrogens with one attached hydrogen (secondary N) is 1. The Kier molecular flexibility index (Phi) is 6.42. The Morgan fingerprint density at radius 3 is 2.30 bits per heavy atom. The van der Waals surface area contributed by atoms with Crippen LogP contribution in [0, 0.1) is 0 Å². The Labute approximate surface area is 177 Å². The summed E-state index contributed by atoms with van der Waals surface area (Å²) in [5.74, 6) is 0.127. The second kappa shape index (κ2) is 9.00. The minimum absolute atomic E-state index is 0.0354. The Balaban J connectivity index is 1.86. The van der Waals surface area contributed by atoms with Crippen molar-refractivity contribution in [3.05, 3.63) is 84.4 Å². The Hall–Kier alpha value is -3.32. The number of rotatable bonds is 7. The highest BCUT2D eigenvalue weighted by atomic mass is 32.2. The lowest BCUT2D eigenvalue weighted by atomic mass is 10.2. The number of hydrogen-bond acceptors (Lipinski definition) is 4. The molecule has 3 aromatic carbocycles. The van der Waals surface area contributed by atoms with Crippen molar-refractivity contribution in [2.45, 2.75) is 24.8 Å². The maximum atomic E-state index is 13.0. The number of benzene rings is 3. The summed E-state index contributed by atoms with van der Waals surface area (Å²) in [4.78, 5) is 12.8. The molecule has 0 unspecified atom stereocenters. The highest BCUT2D eigenvalue weighted by Crippen LogP contribution is 2.26. The van der Waals surface area contributed by atoms with Crippen LogP contribution in [0.25, 0.3) is 0 Å². The van der Waals surface area contributed by atoms with Crippen LogP contribution < -0.4 is 14.4 Å². The third kappa shape index (κ3) is 4.80. The molecule has 0 heterocycles. The molecule has 3 aromatic rings. The lowest BCUT2D eigenvalue weighted by Gasteiger charge is -2.20. The van der Waals surface area contributed by atoms with Crippen molar-refractivity contribution >= 4 is 27.3 Å². The summed E-state index contributed by atoms with van der Waals surface area (Å²) in [7, 11) is -2.33. The monoisotopic (exact) mass is 424 g/mol. The zero-order valence-corrected chi connectivity index (χ0v) is 17.9. The lowest BCUT2D eigenvalue weighted by molar-refractivity contribution is 0.102. The van der Waals surface area contributed by atoms with E-state index in [1.807, 2.05) is 26.0 Å². The van der Waals surface area contributed by atoms with Gasteiger partial charge in [-0.2, -0.15) is 0 Å². The molecule has 0 saturated heterocycles. The number of carbonyl (C=O) groups excluding carboxylic acids is 1. The predicted molar refractivity (Wildman–Crippen MR) is 119 cm³/mol. The first-order valence-corrected chi connectivity index (χ1v) is 10.9. The van der Waals surface area contributed by atoms with E-state index in [0.717, 1.165) is 0 Å². The number of para-hydroxylation sites is 3. The molecule has 0 bridgehead atoms. The van der Waals surface area contributed by atoms with E-state index in [0.29, 0.717) is 17.1 Å². The van der Waals surface area contributed by atoms with Gasteiger partial charge in [0, 0.05) is 12.6 Å². The maximum absolute atomic E-state index is 13.0. The van der Waals surface area contributed by atoms with Gasteiger partial charge >= 0.3 is 0 Å². The second-order valence-corrected chi connectivity index (χ2v) is 8.92. The fourth-order valence-corrected chi connectivity index (χ4v) is 4.10. The van der Waals surface area contributed by atoms with Crippen molar-refractivity contribution in [1.82, 2.24) is 0 Å². The van der Waals surface area contributed by atoms with E-state index in [9.17, 15) is 13.2 Å². The third-order valence-corrected chi connectivity index (χ3v) is 6.15. The highest BCUT2D eigenvalue weighted by Gasteiger charge is 2.22. The van der Waals surface area contributed by atoms with Gasteiger partial charge in [-0.15, -0.1) is 0 Å². The molecule has 30 heavy (non-hydrogen) atoms. The zero-order chi connectivity index (χ0) is 21.7. The molecule has 0 aliphatic carbocycles. The van der Waals surface area contributed by atoms with Crippen LogP contribution in [0.4, 0.5) is 11.4 Å². The molecule has 0 spiro atoms. The molecule has 0 fully saturated rings. The van der Waals surface area contributed by atoms with Crippen molar-refractivity contribution in [3.63, 3.8) is 0 Å². The topological polar surface area (TPSA) is 75.7 Å². The summed E-state index contributed by atoms with van der Waals surface area (Å²) in [5, 5.41) is 2.80. The number of amides is 1. The van der Waals surface area contributed by atoms with E-state index >= 15 is 0 Å². The quantitative estimate of drug-likeness (QED) is 0.604. The SMILES string of the molecule is CC(C)Oc1ccccc1NC(=O)c1cccc(S(=O)(=O)N(C)c2ccccc2)c1. The summed E-state index contributed by atoms with van der Waals surface area (Å²) in [5.41, 5.74) is 1.29. The van der Waals surface area contributed by atoms with Crippen molar-refractivity contribution < 1.29 is 17.9 Å². The van der Waals surface area contributed by atoms with Gasteiger partial charge in [0.1, 0.15) is 5.75 Å². The Bertz CT molecular complexity index is 1130. The summed E-state index contributed by atoms with van der Waals surface area (Å²) < 4.78 is 32.9. The van der Waals surface area contributed by atoms with Crippen LogP contribution >= 0.6 is 0 Å². The standard InChI is InChI=1S/C23H24N2O4S/c1-17(2)29-22-15-8-7-14-21(22)24-23(26)18-10-9-13-20(16-18)30(27,28)25(3)19-11-5-4-6-12-19/h4-17H,1-3H3,(H,24,26). The van der Waals surface area contributed by atoms with Crippen molar-refractivity contribution in [1.29, 1.82) is 0 Å². The first kappa shape index (κ1) is 21.4. The van der Waals surface area contributed by atoms with E-state index in [2.05, 4.69) is 5.32 Å². The fraction of sp³-hybridized carbons (Fsp3) is 0.174. The number of anilines is 2. The number of ether oxygens (including phenoxy) is 1. The minimum atomic E-state index is -3.82. The van der Waals surface area contributed by atoms with Crippen LogP contribution in [-0.4, -0.2) is 27.5 Å².